The zero-order chi connectivity index (χ0) is 13.1. The molecule has 2 N–H and O–H groups in total. The number of ether oxygens (including phenoxy) is 1. The summed E-state index contributed by atoms with van der Waals surface area (Å²) in [6, 6.07) is 3.51. The highest BCUT2D eigenvalue weighted by atomic mass is 19.4. The largest absolute Gasteiger partial charge is 0.492 e. The smallest absolute Gasteiger partial charge is 0.420 e. The predicted octanol–water partition coefficient (Wildman–Crippen LogP) is 2.23. The van der Waals surface area contributed by atoms with E-state index in [0.717, 1.165) is 6.07 Å². The Labute approximate surface area is 98.0 Å². The molecule has 0 atom stereocenters. The number of halogens is 3. The normalized spacial score (nSPS) is 11.9. The Morgan fingerprint density at radius 2 is 1.94 bits per heavy atom. The van der Waals surface area contributed by atoms with Gasteiger partial charge >= 0.3 is 6.18 Å². The maximum atomic E-state index is 12.7. The van der Waals surface area contributed by atoms with Gasteiger partial charge in [0.15, 0.2) is 0 Å². The summed E-state index contributed by atoms with van der Waals surface area (Å²) >= 11 is 0. The summed E-state index contributed by atoms with van der Waals surface area (Å²) < 4.78 is 43.1. The van der Waals surface area contributed by atoms with E-state index in [2.05, 4.69) is 0 Å². The molecule has 0 radical (unpaired) electrons. The van der Waals surface area contributed by atoms with Crippen LogP contribution >= 0.6 is 0 Å². The Hall–Kier alpha value is -1.43. The maximum Gasteiger partial charge on any atom is 0.420 e. The Morgan fingerprint density at radius 3 is 2.47 bits per heavy atom. The average molecular weight is 248 g/mol. The third-order valence-corrected chi connectivity index (χ3v) is 2.11. The van der Waals surface area contributed by atoms with Crippen LogP contribution in [0.1, 0.15) is 5.56 Å². The second kappa shape index (κ2) is 5.27. The fourth-order valence-electron chi connectivity index (χ4n) is 1.23. The molecule has 0 fully saturated rings. The van der Waals surface area contributed by atoms with E-state index in [-0.39, 0.29) is 18.0 Å². The first-order valence-electron chi connectivity index (χ1n) is 5.05. The SMILES string of the molecule is CN(C)CCOc1ccc(N)cc1C(F)(F)F. The molecular formula is C11H15F3N2O. The minimum atomic E-state index is -4.46. The summed E-state index contributed by atoms with van der Waals surface area (Å²) in [5, 5.41) is 0. The van der Waals surface area contributed by atoms with E-state index < -0.39 is 11.7 Å². The number of rotatable bonds is 4. The van der Waals surface area contributed by atoms with E-state index >= 15 is 0 Å². The van der Waals surface area contributed by atoms with Crippen LogP contribution < -0.4 is 10.5 Å². The molecule has 0 aliphatic rings. The summed E-state index contributed by atoms with van der Waals surface area (Å²) in [5.74, 6) is -0.187. The Morgan fingerprint density at radius 1 is 1.29 bits per heavy atom. The fraction of sp³-hybridized carbons (Fsp3) is 0.455. The van der Waals surface area contributed by atoms with Gasteiger partial charge in [0.2, 0.25) is 0 Å². The molecule has 0 saturated heterocycles. The third kappa shape index (κ3) is 4.14. The summed E-state index contributed by atoms with van der Waals surface area (Å²) in [6.45, 7) is 0.738. The second-order valence-electron chi connectivity index (χ2n) is 3.91. The average Bonchev–Trinajstić information content (AvgIpc) is 2.18. The summed E-state index contributed by atoms with van der Waals surface area (Å²) in [7, 11) is 3.63. The fourth-order valence-corrected chi connectivity index (χ4v) is 1.23. The lowest BCUT2D eigenvalue weighted by molar-refractivity contribution is -0.138. The van der Waals surface area contributed by atoms with Crippen LogP contribution in [0.2, 0.25) is 0 Å². The van der Waals surface area contributed by atoms with Crippen LogP contribution in [0.5, 0.6) is 5.75 Å². The van der Waals surface area contributed by atoms with Gasteiger partial charge < -0.3 is 15.4 Å². The van der Waals surface area contributed by atoms with Crippen LogP contribution in [0.4, 0.5) is 18.9 Å². The number of likely N-dealkylation sites (N-methyl/N-ethyl adjacent to an activating group) is 1. The van der Waals surface area contributed by atoms with Crippen molar-refractivity contribution in [1.29, 1.82) is 0 Å². The molecule has 96 valence electrons. The number of nitrogens with zero attached hydrogens (tertiary/aromatic N) is 1. The van der Waals surface area contributed by atoms with Gasteiger partial charge in [0.1, 0.15) is 12.4 Å². The van der Waals surface area contributed by atoms with Crippen molar-refractivity contribution in [2.45, 2.75) is 6.18 Å². The van der Waals surface area contributed by atoms with Gasteiger partial charge in [0, 0.05) is 12.2 Å². The van der Waals surface area contributed by atoms with Crippen LogP contribution in [0, 0.1) is 0 Å². The van der Waals surface area contributed by atoms with E-state index in [1.165, 1.54) is 12.1 Å². The van der Waals surface area contributed by atoms with Gasteiger partial charge in [0.25, 0.3) is 0 Å². The molecule has 0 saturated carbocycles. The lowest BCUT2D eigenvalue weighted by Gasteiger charge is -2.16. The summed E-state index contributed by atoms with van der Waals surface area (Å²) in [5.41, 5.74) is 4.57. The quantitative estimate of drug-likeness (QED) is 0.830. The Balaban J connectivity index is 2.84. The molecule has 0 bridgehead atoms. The van der Waals surface area contributed by atoms with Crippen molar-refractivity contribution in [3.63, 3.8) is 0 Å². The standard InChI is InChI=1S/C11H15F3N2O/c1-16(2)5-6-17-10-4-3-8(15)7-9(10)11(12,13)14/h3-4,7H,5-6,15H2,1-2H3. The second-order valence-corrected chi connectivity index (χ2v) is 3.91. The minimum Gasteiger partial charge on any atom is -0.492 e. The van der Waals surface area contributed by atoms with Crippen LogP contribution in [0.15, 0.2) is 18.2 Å². The van der Waals surface area contributed by atoms with Crippen molar-refractivity contribution >= 4 is 5.69 Å². The molecule has 6 heteroatoms. The monoisotopic (exact) mass is 248 g/mol. The molecule has 3 nitrogen and oxygen atoms in total. The molecular weight excluding hydrogens is 233 g/mol. The highest BCUT2D eigenvalue weighted by molar-refractivity contribution is 5.49. The van der Waals surface area contributed by atoms with E-state index in [1.54, 1.807) is 0 Å². The minimum absolute atomic E-state index is 0.0669. The molecule has 0 unspecified atom stereocenters. The van der Waals surface area contributed by atoms with Gasteiger partial charge in [-0.15, -0.1) is 0 Å². The topological polar surface area (TPSA) is 38.5 Å². The Bertz CT molecular complexity index is 377. The molecule has 0 amide bonds. The van der Waals surface area contributed by atoms with E-state index in [4.69, 9.17) is 10.5 Å². The van der Waals surface area contributed by atoms with Crippen molar-refractivity contribution in [2.24, 2.45) is 0 Å². The molecule has 0 spiro atoms. The van der Waals surface area contributed by atoms with Crippen molar-refractivity contribution < 1.29 is 17.9 Å². The maximum absolute atomic E-state index is 12.7. The van der Waals surface area contributed by atoms with Crippen molar-refractivity contribution in [2.75, 3.05) is 33.0 Å². The first-order valence-corrected chi connectivity index (χ1v) is 5.05. The molecule has 0 heterocycles. The van der Waals surface area contributed by atoms with Crippen molar-refractivity contribution in [3.05, 3.63) is 23.8 Å². The van der Waals surface area contributed by atoms with E-state index in [9.17, 15) is 13.2 Å². The first-order chi connectivity index (χ1) is 7.80. The first kappa shape index (κ1) is 13.6. The lowest BCUT2D eigenvalue weighted by Crippen LogP contribution is -2.20. The van der Waals surface area contributed by atoms with E-state index in [1.807, 2.05) is 19.0 Å². The van der Waals surface area contributed by atoms with Gasteiger partial charge in [-0.2, -0.15) is 13.2 Å². The van der Waals surface area contributed by atoms with Gasteiger partial charge in [0.05, 0.1) is 5.56 Å². The predicted molar refractivity (Wildman–Crippen MR) is 59.9 cm³/mol. The number of hydrogen-bond donors (Lipinski definition) is 1. The summed E-state index contributed by atoms with van der Waals surface area (Å²) in [6.07, 6.45) is -4.46. The van der Waals surface area contributed by atoms with Crippen LogP contribution in [0.3, 0.4) is 0 Å². The zero-order valence-corrected chi connectivity index (χ0v) is 9.71. The number of nitrogens with two attached hydrogens (primary N) is 1. The summed E-state index contributed by atoms with van der Waals surface area (Å²) in [4.78, 5) is 1.82. The number of alkyl halides is 3. The van der Waals surface area contributed by atoms with Crippen LogP contribution in [-0.2, 0) is 6.18 Å². The Kier molecular flexibility index (Phi) is 4.22. The number of nitrogen functional groups attached to an aromatic ring is 1. The number of hydrogen-bond acceptors (Lipinski definition) is 3. The molecule has 1 rings (SSSR count). The molecule has 0 aliphatic heterocycles. The highest BCUT2D eigenvalue weighted by Gasteiger charge is 2.34. The van der Waals surface area contributed by atoms with Crippen LogP contribution in [-0.4, -0.2) is 32.1 Å². The highest BCUT2D eigenvalue weighted by Crippen LogP contribution is 2.37. The van der Waals surface area contributed by atoms with E-state index in [0.29, 0.717) is 6.54 Å². The van der Waals surface area contributed by atoms with Gasteiger partial charge in [-0.05, 0) is 32.3 Å². The molecule has 17 heavy (non-hydrogen) atoms. The van der Waals surface area contributed by atoms with Crippen molar-refractivity contribution in [3.8, 4) is 5.75 Å². The zero-order valence-electron chi connectivity index (χ0n) is 9.71. The number of benzene rings is 1. The molecule has 1 aromatic rings. The molecule has 0 aliphatic carbocycles. The van der Waals surface area contributed by atoms with Gasteiger partial charge in [-0.25, -0.2) is 0 Å². The third-order valence-electron chi connectivity index (χ3n) is 2.11. The number of anilines is 1. The molecule has 0 aromatic heterocycles. The molecule has 1 aromatic carbocycles. The lowest BCUT2D eigenvalue weighted by atomic mass is 10.1. The van der Waals surface area contributed by atoms with Gasteiger partial charge in [-0.1, -0.05) is 0 Å². The van der Waals surface area contributed by atoms with Crippen molar-refractivity contribution in [1.82, 2.24) is 4.90 Å². The van der Waals surface area contributed by atoms with Crippen LogP contribution in [0.25, 0.3) is 0 Å². The van der Waals surface area contributed by atoms with Gasteiger partial charge in [-0.3, -0.25) is 0 Å².